The predicted octanol–water partition coefficient (Wildman–Crippen LogP) is 2.67. The van der Waals surface area contributed by atoms with Gasteiger partial charge in [-0.05, 0) is 17.7 Å². The number of carboxylic acid groups (broad SMARTS) is 1. The number of benzene rings is 2. The van der Waals surface area contributed by atoms with Crippen LogP contribution in [0.4, 0.5) is 0 Å². The van der Waals surface area contributed by atoms with Crippen molar-refractivity contribution in [1.82, 2.24) is 0 Å². The smallest absolute Gasteiger partial charge is 0.813 e. The standard InChI is InChI=1S/C15H13O3.2H3P.Rh.H2S.H/c16-15(17)11-14(12-7-3-1-4-8-12)18-13-9-5-2-6-10-13;;;;;/h1-11,14H,(H,16,17);2*1H3;;1H2;/q-1;;;+2;;/p-1. The Bertz CT molecular complexity index is 515. The molecular weight excluding hydrogens is 425 g/mol. The van der Waals surface area contributed by atoms with Crippen molar-refractivity contribution in [3.63, 3.8) is 0 Å². The third kappa shape index (κ3) is 8.76. The maximum atomic E-state index is 10.8. The van der Waals surface area contributed by atoms with Gasteiger partial charge >= 0.3 is 19.5 Å². The molecule has 3 unspecified atom stereocenters. The number of carbonyl (C=O) groups is 1. The van der Waals surface area contributed by atoms with E-state index in [-0.39, 0.29) is 52.8 Å². The number of thiol groups is 1. The minimum absolute atomic E-state index is 0. The zero-order valence-electron chi connectivity index (χ0n) is 11.9. The van der Waals surface area contributed by atoms with E-state index in [0.717, 1.165) is 12.0 Å². The molecular formula is C15H21O3P2RhS. The van der Waals surface area contributed by atoms with E-state index in [4.69, 9.17) is 9.84 Å². The van der Waals surface area contributed by atoms with Crippen LogP contribution in [0, 0.1) is 6.42 Å². The normalized spacial score (nSPS) is 9.45. The van der Waals surface area contributed by atoms with Gasteiger partial charge in [-0.2, -0.15) is 19.8 Å². The Morgan fingerprint density at radius 3 is 1.86 bits per heavy atom. The summed E-state index contributed by atoms with van der Waals surface area (Å²) in [6.45, 7) is 0. The van der Waals surface area contributed by atoms with E-state index in [1.807, 2.05) is 48.5 Å². The average molecular weight is 446 g/mol. The molecule has 3 atom stereocenters. The molecule has 0 saturated heterocycles. The molecule has 0 aliphatic heterocycles. The molecule has 0 aromatic heterocycles. The van der Waals surface area contributed by atoms with Crippen LogP contribution in [0.15, 0.2) is 60.7 Å². The van der Waals surface area contributed by atoms with Gasteiger partial charge in [0, 0.05) is 6.10 Å². The molecule has 0 amide bonds. The summed E-state index contributed by atoms with van der Waals surface area (Å²) in [7, 11) is 0. The van der Waals surface area contributed by atoms with E-state index in [0.29, 0.717) is 5.75 Å². The second-order valence-corrected chi connectivity index (χ2v) is 3.77. The fourth-order valence-corrected chi connectivity index (χ4v) is 1.62. The summed E-state index contributed by atoms with van der Waals surface area (Å²) in [4.78, 5) is 10.8. The first-order valence-corrected chi connectivity index (χ1v) is 5.60. The molecule has 0 bridgehead atoms. The van der Waals surface area contributed by atoms with Crippen molar-refractivity contribution in [1.29, 1.82) is 0 Å². The van der Waals surface area contributed by atoms with Gasteiger partial charge in [0.1, 0.15) is 5.75 Å². The number of para-hydroxylation sites is 1. The topological polar surface area (TPSA) is 46.5 Å². The van der Waals surface area contributed by atoms with Crippen molar-refractivity contribution in [2.24, 2.45) is 0 Å². The Morgan fingerprint density at radius 2 is 1.41 bits per heavy atom. The minimum atomic E-state index is -1.00. The zero-order valence-corrected chi connectivity index (χ0v) is 17.4. The Morgan fingerprint density at radius 1 is 0.955 bits per heavy atom. The van der Waals surface area contributed by atoms with Gasteiger partial charge in [0.25, 0.3) is 0 Å². The van der Waals surface area contributed by atoms with Gasteiger partial charge in [0.15, 0.2) is 5.97 Å². The van der Waals surface area contributed by atoms with Crippen LogP contribution >= 0.6 is 19.8 Å². The van der Waals surface area contributed by atoms with Crippen molar-refractivity contribution >= 4 is 39.3 Å². The van der Waals surface area contributed by atoms with Gasteiger partial charge < -0.3 is 23.3 Å². The Balaban J connectivity index is -0.000000902. The number of rotatable bonds is 5. The summed E-state index contributed by atoms with van der Waals surface area (Å²) in [6, 6.07) is 18.4. The number of hydrogen-bond donors (Lipinski definition) is 1. The summed E-state index contributed by atoms with van der Waals surface area (Å²) in [5.41, 5.74) is 0.809. The van der Waals surface area contributed by atoms with Crippen molar-refractivity contribution in [2.75, 3.05) is 0 Å². The molecule has 0 heterocycles. The molecule has 2 aromatic rings. The molecule has 7 heteroatoms. The van der Waals surface area contributed by atoms with Gasteiger partial charge in [-0.3, -0.25) is 4.79 Å². The molecule has 2 aromatic carbocycles. The van der Waals surface area contributed by atoms with E-state index in [9.17, 15) is 4.79 Å². The average Bonchev–Trinajstić information content (AvgIpc) is 2.40. The number of ether oxygens (including phenoxy) is 1. The molecule has 0 aliphatic carbocycles. The van der Waals surface area contributed by atoms with Gasteiger partial charge in [-0.15, -0.1) is 0 Å². The van der Waals surface area contributed by atoms with Crippen LogP contribution in [-0.2, 0) is 37.8 Å². The van der Waals surface area contributed by atoms with Gasteiger partial charge in [-0.1, -0.05) is 48.5 Å². The molecule has 1 N–H and O–H groups in total. The molecule has 124 valence electrons. The molecule has 2 rings (SSSR count). The second kappa shape index (κ2) is 14.0. The quantitative estimate of drug-likeness (QED) is 0.252. The first kappa shape index (κ1) is 26.3. The van der Waals surface area contributed by atoms with Crippen molar-refractivity contribution in [2.45, 2.75) is 6.10 Å². The fraction of sp³-hybridized carbons (Fsp3) is 0.0667. The van der Waals surface area contributed by atoms with Gasteiger partial charge in [0.05, 0.1) is 0 Å². The summed E-state index contributed by atoms with van der Waals surface area (Å²) in [6.07, 6.45) is 0.550. The Hall–Kier alpha value is -0.587. The summed E-state index contributed by atoms with van der Waals surface area (Å²) in [5, 5.41) is 8.89. The zero-order chi connectivity index (χ0) is 12.8. The molecule has 3 nitrogen and oxygen atoms in total. The summed E-state index contributed by atoms with van der Waals surface area (Å²) in [5.74, 6) is -0.358. The fourth-order valence-electron chi connectivity index (χ4n) is 1.62. The third-order valence-electron chi connectivity index (χ3n) is 2.43. The first-order valence-electron chi connectivity index (χ1n) is 5.60. The van der Waals surface area contributed by atoms with E-state index in [1.165, 1.54) is 0 Å². The number of aliphatic carboxylic acids is 1. The van der Waals surface area contributed by atoms with Gasteiger partial charge in [0.2, 0.25) is 0 Å². The Kier molecular flexibility index (Phi) is 16.8. The molecule has 0 spiro atoms. The molecule has 0 fully saturated rings. The van der Waals surface area contributed by atoms with Crippen LogP contribution in [0.2, 0.25) is 0 Å². The van der Waals surface area contributed by atoms with Gasteiger partial charge in [-0.25, -0.2) is 6.42 Å². The van der Waals surface area contributed by atoms with E-state index >= 15 is 0 Å². The number of carboxylic acids is 1. The van der Waals surface area contributed by atoms with E-state index in [2.05, 4.69) is 0 Å². The van der Waals surface area contributed by atoms with Crippen LogP contribution in [0.5, 0.6) is 5.75 Å². The van der Waals surface area contributed by atoms with Crippen LogP contribution in [0.3, 0.4) is 0 Å². The largest absolute Gasteiger partial charge is 0.813 e. The van der Waals surface area contributed by atoms with E-state index < -0.39 is 12.1 Å². The molecule has 1 radical (unpaired) electrons. The maximum absolute atomic E-state index is 10.8. The molecule has 22 heavy (non-hydrogen) atoms. The summed E-state index contributed by atoms with van der Waals surface area (Å²) < 4.78 is 5.67. The van der Waals surface area contributed by atoms with Crippen LogP contribution in [0.1, 0.15) is 11.7 Å². The monoisotopic (exact) mass is 446 g/mol. The summed E-state index contributed by atoms with van der Waals surface area (Å²) >= 11 is 0. The van der Waals surface area contributed by atoms with Crippen LogP contribution in [0.25, 0.3) is 0 Å². The third-order valence-corrected chi connectivity index (χ3v) is 2.43. The number of hydrogen-bond acceptors (Lipinski definition) is 3. The maximum Gasteiger partial charge on any atom is -0.813 e. The molecule has 0 aliphatic rings. The van der Waals surface area contributed by atoms with E-state index in [1.54, 1.807) is 12.1 Å². The first-order chi connectivity index (χ1) is 8.75. The predicted molar refractivity (Wildman–Crippen MR) is 101 cm³/mol. The Labute approximate surface area is 157 Å². The second-order valence-electron chi connectivity index (χ2n) is 3.77. The van der Waals surface area contributed by atoms with Crippen LogP contribution < -0.4 is 4.74 Å². The minimum Gasteiger partial charge on any atom is -0.813 e. The molecule has 0 saturated carbocycles. The van der Waals surface area contributed by atoms with Crippen molar-refractivity contribution < 1.29 is 34.1 Å². The van der Waals surface area contributed by atoms with Crippen LogP contribution in [-0.4, -0.2) is 11.1 Å². The van der Waals surface area contributed by atoms with Crippen molar-refractivity contribution in [3.8, 4) is 5.75 Å². The SMILES string of the molecule is O=C(O)[CH-]C(Oc1ccccc1)c1ccccc1.P.P.[RhH+2].[SH-]. The van der Waals surface area contributed by atoms with Crippen molar-refractivity contribution in [3.05, 3.63) is 72.6 Å².